The molecule has 1 heterocycles. The fourth-order valence-electron chi connectivity index (χ4n) is 1.65. The molecular formula is C12H15ClN4O. The zero-order valence-electron chi connectivity index (χ0n) is 10.2. The SMILES string of the molecule is Cc1cccc(C)c1NC(=O)c1cc(N)n[nH]1.Cl. The first-order valence-electron chi connectivity index (χ1n) is 5.26. The van der Waals surface area contributed by atoms with Crippen LogP contribution in [0.5, 0.6) is 0 Å². The van der Waals surface area contributed by atoms with Crippen molar-refractivity contribution >= 4 is 29.8 Å². The van der Waals surface area contributed by atoms with E-state index in [0.717, 1.165) is 16.8 Å². The van der Waals surface area contributed by atoms with Crippen LogP contribution in [-0.2, 0) is 0 Å². The van der Waals surface area contributed by atoms with Crippen LogP contribution in [0.3, 0.4) is 0 Å². The Bertz CT molecular complexity index is 545. The summed E-state index contributed by atoms with van der Waals surface area (Å²) in [6.07, 6.45) is 0. The molecule has 0 saturated carbocycles. The normalized spacial score (nSPS) is 9.67. The third-order valence-corrected chi connectivity index (χ3v) is 2.56. The number of nitrogen functional groups attached to an aromatic ring is 1. The predicted molar refractivity (Wildman–Crippen MR) is 74.1 cm³/mol. The van der Waals surface area contributed by atoms with Gasteiger partial charge in [0.25, 0.3) is 5.91 Å². The third kappa shape index (κ3) is 2.81. The Balaban J connectivity index is 0.00000162. The van der Waals surface area contributed by atoms with Crippen LogP contribution in [0.25, 0.3) is 0 Å². The average molecular weight is 267 g/mol. The van der Waals surface area contributed by atoms with Crippen LogP contribution in [-0.4, -0.2) is 16.1 Å². The Kier molecular flexibility index (Phi) is 4.33. The molecule has 2 rings (SSSR count). The topological polar surface area (TPSA) is 83.8 Å². The summed E-state index contributed by atoms with van der Waals surface area (Å²) in [5.41, 5.74) is 8.66. The molecule has 0 atom stereocenters. The van der Waals surface area contributed by atoms with Crippen molar-refractivity contribution in [2.75, 3.05) is 11.1 Å². The molecule has 2 aromatic rings. The maximum absolute atomic E-state index is 11.9. The number of halogens is 1. The monoisotopic (exact) mass is 266 g/mol. The van der Waals surface area contributed by atoms with Gasteiger partial charge >= 0.3 is 0 Å². The maximum atomic E-state index is 11.9. The number of rotatable bonds is 2. The smallest absolute Gasteiger partial charge is 0.273 e. The van der Waals surface area contributed by atoms with Crippen molar-refractivity contribution in [3.8, 4) is 0 Å². The molecule has 1 aromatic heterocycles. The van der Waals surface area contributed by atoms with Gasteiger partial charge in [-0.1, -0.05) is 18.2 Å². The summed E-state index contributed by atoms with van der Waals surface area (Å²) in [6.45, 7) is 3.90. The van der Waals surface area contributed by atoms with Crippen molar-refractivity contribution in [1.29, 1.82) is 0 Å². The summed E-state index contributed by atoms with van der Waals surface area (Å²) in [5.74, 6) is 0.0586. The molecule has 0 spiro atoms. The number of nitrogens with two attached hydrogens (primary N) is 1. The first kappa shape index (κ1) is 14.1. The largest absolute Gasteiger partial charge is 0.382 e. The van der Waals surface area contributed by atoms with Crippen LogP contribution >= 0.6 is 12.4 Å². The summed E-state index contributed by atoms with van der Waals surface area (Å²) < 4.78 is 0. The van der Waals surface area contributed by atoms with Gasteiger partial charge in [0, 0.05) is 11.8 Å². The van der Waals surface area contributed by atoms with E-state index in [-0.39, 0.29) is 18.3 Å². The standard InChI is InChI=1S/C12H14N4O.ClH/c1-7-4-3-5-8(2)11(7)14-12(17)9-6-10(13)16-15-9;/h3-6H,1-2H3,(H,14,17)(H3,13,15,16);1H. The minimum absolute atomic E-state index is 0. The summed E-state index contributed by atoms with van der Waals surface area (Å²) in [6, 6.07) is 7.35. The second-order valence-electron chi connectivity index (χ2n) is 3.93. The number of aromatic nitrogens is 2. The molecule has 1 aromatic carbocycles. The molecule has 5 nitrogen and oxygen atoms in total. The lowest BCUT2D eigenvalue weighted by atomic mass is 10.1. The van der Waals surface area contributed by atoms with E-state index in [1.165, 1.54) is 6.07 Å². The number of amides is 1. The predicted octanol–water partition coefficient (Wildman–Crippen LogP) is 2.28. The first-order valence-corrected chi connectivity index (χ1v) is 5.26. The quantitative estimate of drug-likeness (QED) is 0.780. The van der Waals surface area contributed by atoms with Gasteiger partial charge in [-0.3, -0.25) is 9.89 Å². The molecular weight excluding hydrogens is 252 g/mol. The zero-order chi connectivity index (χ0) is 12.4. The number of anilines is 2. The van der Waals surface area contributed by atoms with E-state index in [1.54, 1.807) is 0 Å². The Hall–Kier alpha value is -2.01. The highest BCUT2D eigenvalue weighted by Gasteiger charge is 2.11. The van der Waals surface area contributed by atoms with E-state index < -0.39 is 0 Å². The van der Waals surface area contributed by atoms with Gasteiger partial charge in [0.1, 0.15) is 11.5 Å². The third-order valence-electron chi connectivity index (χ3n) is 2.56. The Morgan fingerprint density at radius 1 is 1.33 bits per heavy atom. The van der Waals surface area contributed by atoms with Gasteiger partial charge in [0.2, 0.25) is 0 Å². The molecule has 0 radical (unpaired) electrons. The molecule has 18 heavy (non-hydrogen) atoms. The van der Waals surface area contributed by atoms with Crippen molar-refractivity contribution in [3.63, 3.8) is 0 Å². The number of H-pyrrole nitrogens is 1. The van der Waals surface area contributed by atoms with Crippen molar-refractivity contribution in [3.05, 3.63) is 41.1 Å². The Labute approximate surface area is 111 Å². The van der Waals surface area contributed by atoms with Crippen molar-refractivity contribution in [1.82, 2.24) is 10.2 Å². The molecule has 1 amide bonds. The van der Waals surface area contributed by atoms with Gasteiger partial charge in [0.15, 0.2) is 0 Å². The summed E-state index contributed by atoms with van der Waals surface area (Å²) in [7, 11) is 0. The van der Waals surface area contributed by atoms with Gasteiger partial charge in [-0.05, 0) is 25.0 Å². The van der Waals surface area contributed by atoms with Crippen molar-refractivity contribution in [2.45, 2.75) is 13.8 Å². The number of benzene rings is 1. The number of hydrogen-bond acceptors (Lipinski definition) is 3. The van der Waals surface area contributed by atoms with Crippen LogP contribution in [0.1, 0.15) is 21.6 Å². The lowest BCUT2D eigenvalue weighted by Crippen LogP contribution is -2.14. The number of nitrogens with one attached hydrogen (secondary N) is 2. The van der Waals surface area contributed by atoms with E-state index in [2.05, 4.69) is 15.5 Å². The minimum Gasteiger partial charge on any atom is -0.382 e. The van der Waals surface area contributed by atoms with Crippen LogP contribution < -0.4 is 11.1 Å². The molecule has 6 heteroatoms. The molecule has 0 aliphatic rings. The number of aryl methyl sites for hydroxylation is 2. The zero-order valence-corrected chi connectivity index (χ0v) is 11.0. The molecule has 96 valence electrons. The van der Waals surface area contributed by atoms with Crippen LogP contribution in [0.4, 0.5) is 11.5 Å². The number of nitrogens with zero attached hydrogens (tertiary/aromatic N) is 1. The van der Waals surface area contributed by atoms with Gasteiger partial charge in [-0.2, -0.15) is 5.10 Å². The van der Waals surface area contributed by atoms with Gasteiger partial charge in [-0.15, -0.1) is 12.4 Å². The molecule has 0 aliphatic carbocycles. The molecule has 0 fully saturated rings. The van der Waals surface area contributed by atoms with Crippen LogP contribution in [0, 0.1) is 13.8 Å². The van der Waals surface area contributed by atoms with Gasteiger partial charge in [-0.25, -0.2) is 0 Å². The van der Waals surface area contributed by atoms with E-state index in [0.29, 0.717) is 11.5 Å². The lowest BCUT2D eigenvalue weighted by molar-refractivity contribution is 0.102. The van der Waals surface area contributed by atoms with Crippen LogP contribution in [0.2, 0.25) is 0 Å². The van der Waals surface area contributed by atoms with E-state index in [1.807, 2.05) is 32.0 Å². The van der Waals surface area contributed by atoms with Crippen molar-refractivity contribution in [2.24, 2.45) is 0 Å². The lowest BCUT2D eigenvalue weighted by Gasteiger charge is -2.10. The van der Waals surface area contributed by atoms with Gasteiger partial charge in [0.05, 0.1) is 0 Å². The fourth-order valence-corrected chi connectivity index (χ4v) is 1.65. The first-order chi connectivity index (χ1) is 8.08. The Morgan fingerprint density at radius 3 is 2.44 bits per heavy atom. The number of carbonyl (C=O) groups excluding carboxylic acids is 1. The average Bonchev–Trinajstić information content (AvgIpc) is 2.70. The highest BCUT2D eigenvalue weighted by atomic mass is 35.5. The molecule has 4 N–H and O–H groups in total. The summed E-state index contributed by atoms with van der Waals surface area (Å²) in [4.78, 5) is 11.9. The number of carbonyl (C=O) groups is 1. The van der Waals surface area contributed by atoms with E-state index in [9.17, 15) is 4.79 Å². The highest BCUT2D eigenvalue weighted by molar-refractivity contribution is 6.04. The minimum atomic E-state index is -0.244. The molecule has 0 saturated heterocycles. The number of aromatic amines is 1. The van der Waals surface area contributed by atoms with E-state index >= 15 is 0 Å². The van der Waals surface area contributed by atoms with Crippen molar-refractivity contribution < 1.29 is 4.79 Å². The summed E-state index contributed by atoms with van der Waals surface area (Å²) in [5, 5.41) is 9.14. The molecule has 0 aliphatic heterocycles. The highest BCUT2D eigenvalue weighted by Crippen LogP contribution is 2.20. The Morgan fingerprint density at radius 2 is 1.94 bits per heavy atom. The van der Waals surface area contributed by atoms with Crippen LogP contribution in [0.15, 0.2) is 24.3 Å². The van der Waals surface area contributed by atoms with Gasteiger partial charge < -0.3 is 11.1 Å². The summed E-state index contributed by atoms with van der Waals surface area (Å²) >= 11 is 0. The fraction of sp³-hybridized carbons (Fsp3) is 0.167. The maximum Gasteiger partial charge on any atom is 0.273 e. The second kappa shape index (κ2) is 5.55. The second-order valence-corrected chi connectivity index (χ2v) is 3.93. The molecule has 0 bridgehead atoms. The van der Waals surface area contributed by atoms with E-state index in [4.69, 9.17) is 5.73 Å². The molecule has 0 unspecified atom stereocenters. The number of hydrogen-bond donors (Lipinski definition) is 3. The number of para-hydroxylation sites is 1.